The van der Waals surface area contributed by atoms with Gasteiger partial charge in [-0.15, -0.1) is 11.3 Å². The van der Waals surface area contributed by atoms with Crippen molar-refractivity contribution in [3.63, 3.8) is 0 Å². The Balaban J connectivity index is 2.00. The minimum Gasteiger partial charge on any atom is -0.298 e. The highest BCUT2D eigenvalue weighted by Gasteiger charge is 2.09. The molecular weight excluding hydrogens is 298 g/mol. The standard InChI is InChI=1S/C14H8ClNOS2/c15-10-6-5-9(8-17)13(7-10)19-14-16-11-3-1-2-4-12(11)18-14/h1-8H. The number of fused-ring (bicyclic) bond motifs is 1. The molecule has 0 fully saturated rings. The Morgan fingerprint density at radius 1 is 1.21 bits per heavy atom. The van der Waals surface area contributed by atoms with Crippen LogP contribution in [-0.2, 0) is 0 Å². The summed E-state index contributed by atoms with van der Waals surface area (Å²) in [5.41, 5.74) is 1.61. The lowest BCUT2D eigenvalue weighted by atomic mass is 10.2. The Morgan fingerprint density at radius 2 is 2.05 bits per heavy atom. The summed E-state index contributed by atoms with van der Waals surface area (Å²) in [7, 11) is 0. The topological polar surface area (TPSA) is 30.0 Å². The average molecular weight is 306 g/mol. The highest BCUT2D eigenvalue weighted by molar-refractivity contribution is 8.01. The molecule has 3 rings (SSSR count). The van der Waals surface area contributed by atoms with Crippen molar-refractivity contribution in [2.45, 2.75) is 9.24 Å². The minimum atomic E-state index is 0.620. The first kappa shape index (κ1) is 12.7. The van der Waals surface area contributed by atoms with E-state index in [1.54, 1.807) is 29.5 Å². The molecule has 0 unspecified atom stereocenters. The SMILES string of the molecule is O=Cc1ccc(Cl)cc1Sc1nc2ccccc2s1. The highest BCUT2D eigenvalue weighted by Crippen LogP contribution is 2.36. The number of hydrogen-bond acceptors (Lipinski definition) is 4. The summed E-state index contributed by atoms with van der Waals surface area (Å²) < 4.78 is 2.05. The average Bonchev–Trinajstić information content (AvgIpc) is 2.81. The normalized spacial score (nSPS) is 10.8. The van der Waals surface area contributed by atoms with Gasteiger partial charge >= 0.3 is 0 Å². The minimum absolute atomic E-state index is 0.620. The van der Waals surface area contributed by atoms with Crippen molar-refractivity contribution in [2.75, 3.05) is 0 Å². The Hall–Kier alpha value is -1.36. The lowest BCUT2D eigenvalue weighted by molar-refractivity contribution is 0.112. The van der Waals surface area contributed by atoms with Crippen LogP contribution in [0.25, 0.3) is 10.2 Å². The first-order valence-corrected chi connectivity index (χ1v) is 7.55. The fraction of sp³-hybridized carbons (Fsp3) is 0. The van der Waals surface area contributed by atoms with Gasteiger partial charge in [-0.1, -0.05) is 35.5 Å². The van der Waals surface area contributed by atoms with Crippen LogP contribution in [-0.4, -0.2) is 11.3 Å². The van der Waals surface area contributed by atoms with Crippen LogP contribution in [0.4, 0.5) is 0 Å². The number of carbonyl (C=O) groups excluding carboxylic acids is 1. The smallest absolute Gasteiger partial charge is 0.155 e. The first-order valence-electron chi connectivity index (χ1n) is 5.54. The number of para-hydroxylation sites is 1. The molecule has 0 amide bonds. The number of halogens is 1. The Bertz CT molecular complexity index is 721. The van der Waals surface area contributed by atoms with E-state index >= 15 is 0 Å². The van der Waals surface area contributed by atoms with Gasteiger partial charge in [0.1, 0.15) is 0 Å². The lowest BCUT2D eigenvalue weighted by Crippen LogP contribution is -1.84. The van der Waals surface area contributed by atoms with Gasteiger partial charge in [-0.2, -0.15) is 0 Å². The molecule has 0 saturated heterocycles. The molecule has 3 aromatic rings. The molecule has 0 N–H and O–H groups in total. The van der Waals surface area contributed by atoms with E-state index in [9.17, 15) is 4.79 Å². The molecule has 1 heterocycles. The molecule has 19 heavy (non-hydrogen) atoms. The predicted octanol–water partition coefficient (Wildman–Crippen LogP) is 4.91. The summed E-state index contributed by atoms with van der Waals surface area (Å²) in [6, 6.07) is 13.2. The van der Waals surface area contributed by atoms with Crippen LogP contribution in [0.1, 0.15) is 10.4 Å². The van der Waals surface area contributed by atoms with E-state index < -0.39 is 0 Å². The Labute approximate surface area is 123 Å². The number of aromatic nitrogens is 1. The zero-order valence-electron chi connectivity index (χ0n) is 9.67. The molecule has 0 aliphatic carbocycles. The van der Waals surface area contributed by atoms with Crippen molar-refractivity contribution < 1.29 is 4.79 Å². The third-order valence-electron chi connectivity index (χ3n) is 2.57. The summed E-state index contributed by atoms with van der Waals surface area (Å²) in [6.07, 6.45) is 0.839. The molecule has 0 aliphatic heterocycles. The predicted molar refractivity (Wildman–Crippen MR) is 80.6 cm³/mol. The van der Waals surface area contributed by atoms with Crippen molar-refractivity contribution in [3.8, 4) is 0 Å². The molecule has 2 aromatic carbocycles. The third kappa shape index (κ3) is 2.66. The second-order valence-electron chi connectivity index (χ2n) is 3.85. The maximum absolute atomic E-state index is 11.0. The van der Waals surface area contributed by atoms with Gasteiger partial charge in [0.25, 0.3) is 0 Å². The van der Waals surface area contributed by atoms with Gasteiger partial charge in [0, 0.05) is 15.5 Å². The summed E-state index contributed by atoms with van der Waals surface area (Å²) in [5, 5.41) is 0.620. The van der Waals surface area contributed by atoms with E-state index in [-0.39, 0.29) is 0 Å². The van der Waals surface area contributed by atoms with Gasteiger partial charge in [0.05, 0.1) is 10.2 Å². The number of aldehydes is 1. The molecule has 0 bridgehead atoms. The first-order chi connectivity index (χ1) is 9.26. The highest BCUT2D eigenvalue weighted by atomic mass is 35.5. The van der Waals surface area contributed by atoms with Gasteiger partial charge in [0.15, 0.2) is 10.6 Å². The van der Waals surface area contributed by atoms with Crippen LogP contribution < -0.4 is 0 Å². The molecule has 0 atom stereocenters. The van der Waals surface area contributed by atoms with Gasteiger partial charge < -0.3 is 0 Å². The number of nitrogens with zero attached hydrogens (tertiary/aromatic N) is 1. The van der Waals surface area contributed by atoms with Crippen LogP contribution in [0.3, 0.4) is 0 Å². The van der Waals surface area contributed by atoms with E-state index in [0.29, 0.717) is 10.6 Å². The monoisotopic (exact) mass is 305 g/mol. The number of rotatable bonds is 3. The van der Waals surface area contributed by atoms with Crippen LogP contribution in [0.15, 0.2) is 51.7 Å². The number of hydrogen-bond donors (Lipinski definition) is 0. The van der Waals surface area contributed by atoms with Crippen LogP contribution in [0, 0.1) is 0 Å². The fourth-order valence-corrected chi connectivity index (χ4v) is 4.07. The summed E-state index contributed by atoms with van der Waals surface area (Å²) in [4.78, 5) is 16.4. The van der Waals surface area contributed by atoms with E-state index in [1.165, 1.54) is 11.8 Å². The third-order valence-corrected chi connectivity index (χ3v) is 4.98. The molecule has 2 nitrogen and oxygen atoms in total. The molecule has 1 aromatic heterocycles. The largest absolute Gasteiger partial charge is 0.298 e. The van der Waals surface area contributed by atoms with Gasteiger partial charge in [-0.25, -0.2) is 4.98 Å². The molecule has 5 heteroatoms. The van der Waals surface area contributed by atoms with Crippen molar-refractivity contribution in [1.82, 2.24) is 4.98 Å². The summed E-state index contributed by atoms with van der Waals surface area (Å²) in [5.74, 6) is 0. The van der Waals surface area contributed by atoms with Crippen molar-refractivity contribution in [1.29, 1.82) is 0 Å². The van der Waals surface area contributed by atoms with Gasteiger partial charge in [0.2, 0.25) is 0 Å². The van der Waals surface area contributed by atoms with Gasteiger partial charge in [-0.3, -0.25) is 4.79 Å². The molecule has 94 valence electrons. The van der Waals surface area contributed by atoms with E-state index in [2.05, 4.69) is 4.98 Å². The van der Waals surface area contributed by atoms with Gasteiger partial charge in [-0.05, 0) is 30.3 Å². The molecule has 0 spiro atoms. The van der Waals surface area contributed by atoms with Crippen LogP contribution in [0.2, 0.25) is 5.02 Å². The van der Waals surface area contributed by atoms with Crippen LogP contribution >= 0.6 is 34.7 Å². The maximum Gasteiger partial charge on any atom is 0.155 e. The summed E-state index contributed by atoms with van der Waals surface area (Å²) >= 11 is 9.05. The number of benzene rings is 2. The zero-order valence-corrected chi connectivity index (χ0v) is 12.1. The molecular formula is C14H8ClNOS2. The van der Waals surface area contributed by atoms with E-state index in [0.717, 1.165) is 25.7 Å². The molecule has 0 radical (unpaired) electrons. The molecule has 0 saturated carbocycles. The van der Waals surface area contributed by atoms with Crippen molar-refractivity contribution >= 4 is 51.2 Å². The zero-order chi connectivity index (χ0) is 13.2. The maximum atomic E-state index is 11.0. The Morgan fingerprint density at radius 3 is 2.84 bits per heavy atom. The second kappa shape index (κ2) is 5.33. The second-order valence-corrected chi connectivity index (χ2v) is 6.61. The number of thiazole rings is 1. The van der Waals surface area contributed by atoms with E-state index in [4.69, 9.17) is 11.6 Å². The Kier molecular flexibility index (Phi) is 3.55. The fourth-order valence-electron chi connectivity index (χ4n) is 1.68. The number of carbonyl (C=O) groups is 1. The van der Waals surface area contributed by atoms with Crippen LogP contribution in [0.5, 0.6) is 0 Å². The van der Waals surface area contributed by atoms with Crippen molar-refractivity contribution in [2.24, 2.45) is 0 Å². The lowest BCUT2D eigenvalue weighted by Gasteiger charge is -2.02. The van der Waals surface area contributed by atoms with E-state index in [1.807, 2.05) is 24.3 Å². The van der Waals surface area contributed by atoms with Crippen molar-refractivity contribution in [3.05, 3.63) is 53.1 Å². The quantitative estimate of drug-likeness (QED) is 0.644. The molecule has 0 aliphatic rings. The summed E-state index contributed by atoms with van der Waals surface area (Å²) in [6.45, 7) is 0.